The quantitative estimate of drug-likeness (QED) is 0.848. The lowest BCUT2D eigenvalue weighted by Crippen LogP contribution is -2.55. The Morgan fingerprint density at radius 3 is 2.33 bits per heavy atom. The first-order chi connectivity index (χ1) is 10.1. The van der Waals surface area contributed by atoms with Crippen molar-refractivity contribution in [3.05, 3.63) is 33.8 Å². The molecule has 3 heteroatoms. The fraction of sp³-hybridized carbons (Fsp3) is 0.611. The Morgan fingerprint density at radius 1 is 1.10 bits per heavy atom. The summed E-state index contributed by atoms with van der Waals surface area (Å²) >= 11 is 3.47. The van der Waals surface area contributed by atoms with E-state index in [1.165, 1.54) is 32.1 Å². The standard InChI is InChI=1S/C18H22BrNO/c1-10-2-3-15(19)9-16(10)18(21)20-17-13-5-11-4-12(7-13)8-14(17)6-11/h2-3,9,11-14,17H,4-8H2,1H3,(H,20,21). The number of aryl methyl sites for hydroxylation is 1. The molecule has 1 aromatic rings. The number of rotatable bonds is 2. The van der Waals surface area contributed by atoms with E-state index < -0.39 is 0 Å². The van der Waals surface area contributed by atoms with Gasteiger partial charge in [-0.05, 0) is 80.4 Å². The number of nitrogens with one attached hydrogen (secondary N) is 1. The van der Waals surface area contributed by atoms with Gasteiger partial charge in [0.25, 0.3) is 5.91 Å². The molecule has 0 atom stereocenters. The predicted octanol–water partition coefficient (Wildman–Crippen LogP) is 4.31. The van der Waals surface area contributed by atoms with E-state index in [2.05, 4.69) is 21.2 Å². The summed E-state index contributed by atoms with van der Waals surface area (Å²) in [5.74, 6) is 3.49. The first kappa shape index (κ1) is 13.8. The molecule has 1 amide bonds. The van der Waals surface area contributed by atoms with E-state index in [1.807, 2.05) is 25.1 Å². The molecule has 0 unspecified atom stereocenters. The highest BCUT2D eigenvalue weighted by molar-refractivity contribution is 9.10. The second kappa shape index (κ2) is 5.12. The van der Waals surface area contributed by atoms with Crippen LogP contribution in [0.15, 0.2) is 22.7 Å². The van der Waals surface area contributed by atoms with Gasteiger partial charge in [0.2, 0.25) is 0 Å². The molecule has 5 rings (SSSR count). The number of amides is 1. The Hall–Kier alpha value is -0.830. The van der Waals surface area contributed by atoms with E-state index >= 15 is 0 Å². The molecule has 21 heavy (non-hydrogen) atoms. The van der Waals surface area contributed by atoms with E-state index in [4.69, 9.17) is 0 Å². The van der Waals surface area contributed by atoms with Crippen LogP contribution in [0.4, 0.5) is 0 Å². The second-order valence-electron chi connectivity index (χ2n) is 7.39. The van der Waals surface area contributed by atoms with Gasteiger partial charge in [0.05, 0.1) is 0 Å². The van der Waals surface area contributed by atoms with Gasteiger partial charge < -0.3 is 5.32 Å². The molecule has 0 aromatic heterocycles. The monoisotopic (exact) mass is 347 g/mol. The van der Waals surface area contributed by atoms with E-state index in [9.17, 15) is 4.79 Å². The van der Waals surface area contributed by atoms with Crippen molar-refractivity contribution in [3.8, 4) is 0 Å². The molecule has 4 bridgehead atoms. The van der Waals surface area contributed by atoms with Crippen molar-refractivity contribution in [2.45, 2.75) is 45.1 Å². The summed E-state index contributed by atoms with van der Waals surface area (Å²) in [6, 6.07) is 6.37. The zero-order chi connectivity index (χ0) is 14.6. The van der Waals surface area contributed by atoms with Crippen molar-refractivity contribution < 1.29 is 4.79 Å². The van der Waals surface area contributed by atoms with Crippen molar-refractivity contribution in [1.82, 2.24) is 5.32 Å². The van der Waals surface area contributed by atoms with Gasteiger partial charge in [-0.1, -0.05) is 22.0 Å². The van der Waals surface area contributed by atoms with Crippen LogP contribution >= 0.6 is 15.9 Å². The van der Waals surface area contributed by atoms with Crippen LogP contribution in [0.5, 0.6) is 0 Å². The third-order valence-electron chi connectivity index (χ3n) is 5.97. The maximum Gasteiger partial charge on any atom is 0.251 e. The van der Waals surface area contributed by atoms with Crippen LogP contribution in [0, 0.1) is 30.6 Å². The Morgan fingerprint density at radius 2 is 1.71 bits per heavy atom. The molecule has 0 heterocycles. The van der Waals surface area contributed by atoms with Crippen molar-refractivity contribution in [1.29, 1.82) is 0 Å². The Bertz CT molecular complexity index is 555. The summed E-state index contributed by atoms with van der Waals surface area (Å²) in [6.07, 6.45) is 6.83. The number of hydrogen-bond acceptors (Lipinski definition) is 1. The highest BCUT2D eigenvalue weighted by Gasteiger charge is 2.48. The molecule has 0 saturated heterocycles. The summed E-state index contributed by atoms with van der Waals surface area (Å²) < 4.78 is 0.975. The normalized spacial score (nSPS) is 36.8. The molecule has 112 valence electrons. The lowest BCUT2D eigenvalue weighted by molar-refractivity contribution is -0.0119. The third-order valence-corrected chi connectivity index (χ3v) is 6.46. The van der Waals surface area contributed by atoms with Gasteiger partial charge in [-0.3, -0.25) is 4.79 Å². The van der Waals surface area contributed by atoms with Gasteiger partial charge in [0.1, 0.15) is 0 Å². The topological polar surface area (TPSA) is 29.1 Å². The molecule has 2 nitrogen and oxygen atoms in total. The van der Waals surface area contributed by atoms with E-state index in [0.717, 1.165) is 39.3 Å². The molecule has 0 radical (unpaired) electrons. The molecular formula is C18H22BrNO. The summed E-state index contributed by atoms with van der Waals surface area (Å²) in [7, 11) is 0. The molecule has 1 N–H and O–H groups in total. The SMILES string of the molecule is Cc1ccc(Br)cc1C(=O)NC1C2CC3CC(C2)CC1C3. The van der Waals surface area contributed by atoms with Crippen molar-refractivity contribution in [2.75, 3.05) is 0 Å². The minimum atomic E-state index is 0.117. The number of carbonyl (C=O) groups is 1. The first-order valence-corrected chi connectivity index (χ1v) is 8.96. The highest BCUT2D eigenvalue weighted by Crippen LogP contribution is 2.53. The average Bonchev–Trinajstić information content (AvgIpc) is 2.44. The van der Waals surface area contributed by atoms with Gasteiger partial charge >= 0.3 is 0 Å². The Balaban J connectivity index is 1.53. The van der Waals surface area contributed by atoms with E-state index in [0.29, 0.717) is 6.04 Å². The Labute approximate surface area is 134 Å². The van der Waals surface area contributed by atoms with Crippen LogP contribution < -0.4 is 5.32 Å². The van der Waals surface area contributed by atoms with Gasteiger partial charge in [-0.25, -0.2) is 0 Å². The smallest absolute Gasteiger partial charge is 0.251 e. The maximum atomic E-state index is 12.7. The summed E-state index contributed by atoms with van der Waals surface area (Å²) in [5, 5.41) is 3.39. The summed E-state index contributed by atoms with van der Waals surface area (Å²) in [6.45, 7) is 2.01. The summed E-state index contributed by atoms with van der Waals surface area (Å²) in [4.78, 5) is 12.7. The van der Waals surface area contributed by atoms with Gasteiger partial charge in [-0.15, -0.1) is 0 Å². The lowest BCUT2D eigenvalue weighted by atomic mass is 9.54. The number of carbonyl (C=O) groups excluding carboxylic acids is 1. The number of halogens is 1. The highest BCUT2D eigenvalue weighted by atomic mass is 79.9. The third kappa shape index (κ3) is 2.44. The number of hydrogen-bond donors (Lipinski definition) is 1. The molecule has 4 aliphatic carbocycles. The van der Waals surface area contributed by atoms with E-state index in [1.54, 1.807) is 0 Å². The van der Waals surface area contributed by atoms with Crippen molar-refractivity contribution >= 4 is 21.8 Å². The minimum absolute atomic E-state index is 0.117. The van der Waals surface area contributed by atoms with Crippen molar-refractivity contribution in [2.24, 2.45) is 23.7 Å². The fourth-order valence-electron chi connectivity index (χ4n) is 5.23. The predicted molar refractivity (Wildman–Crippen MR) is 87.2 cm³/mol. The van der Waals surface area contributed by atoms with Crippen LogP contribution in [-0.4, -0.2) is 11.9 Å². The molecule has 0 spiro atoms. The summed E-state index contributed by atoms with van der Waals surface area (Å²) in [5.41, 5.74) is 1.87. The molecular weight excluding hydrogens is 326 g/mol. The van der Waals surface area contributed by atoms with Crippen LogP contribution in [0.2, 0.25) is 0 Å². The molecule has 4 aliphatic rings. The Kier molecular flexibility index (Phi) is 3.36. The second-order valence-corrected chi connectivity index (χ2v) is 8.30. The zero-order valence-electron chi connectivity index (χ0n) is 12.4. The molecule has 4 fully saturated rings. The average molecular weight is 348 g/mol. The maximum absolute atomic E-state index is 12.7. The van der Waals surface area contributed by atoms with Crippen LogP contribution in [0.25, 0.3) is 0 Å². The van der Waals surface area contributed by atoms with Gasteiger partial charge in [0.15, 0.2) is 0 Å². The molecule has 1 aromatic carbocycles. The largest absolute Gasteiger partial charge is 0.349 e. The zero-order valence-corrected chi connectivity index (χ0v) is 14.0. The number of benzene rings is 1. The van der Waals surface area contributed by atoms with Gasteiger partial charge in [-0.2, -0.15) is 0 Å². The first-order valence-electron chi connectivity index (χ1n) is 8.17. The molecule has 0 aliphatic heterocycles. The van der Waals surface area contributed by atoms with Gasteiger partial charge in [0, 0.05) is 16.1 Å². The van der Waals surface area contributed by atoms with Crippen LogP contribution in [0.3, 0.4) is 0 Å². The fourth-order valence-corrected chi connectivity index (χ4v) is 5.59. The minimum Gasteiger partial charge on any atom is -0.349 e. The van der Waals surface area contributed by atoms with E-state index in [-0.39, 0.29) is 5.91 Å². The lowest BCUT2D eigenvalue weighted by Gasteiger charge is -2.54. The van der Waals surface area contributed by atoms with Crippen molar-refractivity contribution in [3.63, 3.8) is 0 Å². The van der Waals surface area contributed by atoms with Crippen LogP contribution in [-0.2, 0) is 0 Å². The van der Waals surface area contributed by atoms with Crippen LogP contribution in [0.1, 0.15) is 48.0 Å². The molecule has 4 saturated carbocycles.